The number of hydrogen-bond acceptors (Lipinski definition) is 5. The van der Waals surface area contributed by atoms with Gasteiger partial charge in [0.2, 0.25) is 0 Å². The van der Waals surface area contributed by atoms with Gasteiger partial charge in [0, 0.05) is 37.1 Å². The first-order valence-corrected chi connectivity index (χ1v) is 9.13. The summed E-state index contributed by atoms with van der Waals surface area (Å²) in [7, 11) is 0. The van der Waals surface area contributed by atoms with Crippen LogP contribution in [0.15, 0.2) is 42.5 Å². The van der Waals surface area contributed by atoms with Crippen molar-refractivity contribution in [1.29, 1.82) is 0 Å². The van der Waals surface area contributed by atoms with E-state index in [1.165, 1.54) is 5.56 Å². The van der Waals surface area contributed by atoms with Crippen LogP contribution in [0.25, 0.3) is 0 Å². The van der Waals surface area contributed by atoms with E-state index in [2.05, 4.69) is 15.5 Å². The largest absolute Gasteiger partial charge is 0.486 e. The van der Waals surface area contributed by atoms with Crippen LogP contribution in [0.2, 0.25) is 0 Å². The highest BCUT2D eigenvalue weighted by atomic mass is 16.6. The molecular weight excluding hydrogens is 346 g/mol. The van der Waals surface area contributed by atoms with Crippen molar-refractivity contribution in [2.75, 3.05) is 50.2 Å². The van der Waals surface area contributed by atoms with Gasteiger partial charge in [-0.25, -0.2) is 4.79 Å². The predicted octanol–water partition coefficient (Wildman–Crippen LogP) is 2.93. The maximum Gasteiger partial charge on any atom is 0.323 e. The van der Waals surface area contributed by atoms with E-state index >= 15 is 0 Å². The van der Waals surface area contributed by atoms with Crippen molar-refractivity contribution in [2.24, 2.45) is 0 Å². The molecular formula is C20H23N3O4. The van der Waals surface area contributed by atoms with E-state index in [-0.39, 0.29) is 6.03 Å². The normalized spacial score (nSPS) is 16.6. The van der Waals surface area contributed by atoms with Crippen LogP contribution < -0.4 is 20.1 Å². The molecule has 142 valence electrons. The molecule has 0 radical (unpaired) electrons. The Balaban J connectivity index is 1.31. The van der Waals surface area contributed by atoms with Gasteiger partial charge in [-0.2, -0.15) is 0 Å². The number of ether oxygens (including phenoxy) is 3. The average molecular weight is 369 g/mol. The molecule has 0 aromatic heterocycles. The SMILES string of the molecule is O=C(Nc1ccc(CN2CCOCC2)cc1)Nc1ccc2c(c1)OCCO2. The predicted molar refractivity (Wildman–Crippen MR) is 103 cm³/mol. The van der Waals surface area contributed by atoms with Crippen LogP contribution in [0.4, 0.5) is 16.2 Å². The van der Waals surface area contributed by atoms with Gasteiger partial charge in [-0.05, 0) is 29.8 Å². The van der Waals surface area contributed by atoms with E-state index in [9.17, 15) is 4.79 Å². The third-order valence-corrected chi connectivity index (χ3v) is 4.52. The summed E-state index contributed by atoms with van der Waals surface area (Å²) in [6.45, 7) is 5.45. The molecule has 0 bridgehead atoms. The average Bonchev–Trinajstić information content (AvgIpc) is 2.70. The second-order valence-electron chi connectivity index (χ2n) is 6.52. The van der Waals surface area contributed by atoms with Gasteiger partial charge < -0.3 is 24.8 Å². The molecule has 27 heavy (non-hydrogen) atoms. The summed E-state index contributed by atoms with van der Waals surface area (Å²) in [5.74, 6) is 1.34. The number of anilines is 2. The lowest BCUT2D eigenvalue weighted by Crippen LogP contribution is -2.35. The number of rotatable bonds is 4. The Morgan fingerprint density at radius 1 is 0.852 bits per heavy atom. The van der Waals surface area contributed by atoms with E-state index in [1.54, 1.807) is 18.2 Å². The van der Waals surface area contributed by atoms with E-state index in [0.717, 1.165) is 38.5 Å². The molecule has 2 N–H and O–H groups in total. The van der Waals surface area contributed by atoms with Crippen LogP contribution in [0.1, 0.15) is 5.56 Å². The molecule has 0 atom stereocenters. The Kier molecular flexibility index (Phi) is 5.41. The number of nitrogens with zero attached hydrogens (tertiary/aromatic N) is 1. The van der Waals surface area contributed by atoms with Crippen LogP contribution in [-0.2, 0) is 11.3 Å². The molecule has 2 amide bonds. The number of benzene rings is 2. The summed E-state index contributed by atoms with van der Waals surface area (Å²) < 4.78 is 16.4. The molecule has 2 aromatic carbocycles. The van der Waals surface area contributed by atoms with E-state index < -0.39 is 0 Å². The Morgan fingerprint density at radius 3 is 2.30 bits per heavy atom. The number of carbonyl (C=O) groups is 1. The molecule has 0 unspecified atom stereocenters. The maximum absolute atomic E-state index is 12.2. The molecule has 2 heterocycles. The lowest BCUT2D eigenvalue weighted by Gasteiger charge is -2.26. The standard InChI is InChI=1S/C20H23N3O4/c24-20(22-17-5-6-18-19(13-17)27-12-11-26-18)21-16-3-1-15(2-4-16)14-23-7-9-25-10-8-23/h1-6,13H,7-12,14H2,(H2,21,22,24). The smallest absolute Gasteiger partial charge is 0.323 e. The second-order valence-corrected chi connectivity index (χ2v) is 6.52. The zero-order valence-electron chi connectivity index (χ0n) is 15.1. The van der Waals surface area contributed by atoms with E-state index in [1.807, 2.05) is 24.3 Å². The zero-order chi connectivity index (χ0) is 18.5. The fourth-order valence-electron chi connectivity index (χ4n) is 3.13. The number of amides is 2. The van der Waals surface area contributed by atoms with Gasteiger partial charge >= 0.3 is 6.03 Å². The van der Waals surface area contributed by atoms with Crippen LogP contribution >= 0.6 is 0 Å². The van der Waals surface area contributed by atoms with Gasteiger partial charge in [0.05, 0.1) is 13.2 Å². The molecule has 7 nitrogen and oxygen atoms in total. The fourth-order valence-corrected chi connectivity index (χ4v) is 3.13. The summed E-state index contributed by atoms with van der Waals surface area (Å²) in [5, 5.41) is 5.66. The molecule has 0 aliphatic carbocycles. The fraction of sp³-hybridized carbons (Fsp3) is 0.350. The van der Waals surface area contributed by atoms with Gasteiger partial charge in [-0.1, -0.05) is 12.1 Å². The lowest BCUT2D eigenvalue weighted by atomic mass is 10.2. The minimum Gasteiger partial charge on any atom is -0.486 e. The number of urea groups is 1. The van der Waals surface area contributed by atoms with Crippen molar-refractivity contribution in [1.82, 2.24) is 4.90 Å². The summed E-state index contributed by atoms with van der Waals surface area (Å²) in [4.78, 5) is 14.6. The van der Waals surface area contributed by atoms with Crippen molar-refractivity contribution in [3.05, 3.63) is 48.0 Å². The first kappa shape index (κ1) is 17.6. The third kappa shape index (κ3) is 4.69. The van der Waals surface area contributed by atoms with Crippen LogP contribution in [0, 0.1) is 0 Å². The second kappa shape index (κ2) is 8.28. The highest BCUT2D eigenvalue weighted by molar-refractivity contribution is 5.99. The molecule has 2 aliphatic heterocycles. The summed E-state index contributed by atoms with van der Waals surface area (Å²) in [6, 6.07) is 13.0. The molecule has 2 aromatic rings. The molecule has 1 saturated heterocycles. The van der Waals surface area contributed by atoms with Crippen LogP contribution in [0.3, 0.4) is 0 Å². The van der Waals surface area contributed by atoms with Crippen LogP contribution in [0.5, 0.6) is 11.5 Å². The Morgan fingerprint density at radius 2 is 1.52 bits per heavy atom. The summed E-state index contributed by atoms with van der Waals surface area (Å²) >= 11 is 0. The minimum absolute atomic E-state index is 0.299. The number of carbonyl (C=O) groups excluding carboxylic acids is 1. The van der Waals surface area contributed by atoms with Crippen molar-refractivity contribution < 1.29 is 19.0 Å². The molecule has 7 heteroatoms. The monoisotopic (exact) mass is 369 g/mol. The number of fused-ring (bicyclic) bond motifs is 1. The first-order chi connectivity index (χ1) is 13.3. The molecule has 4 rings (SSSR count). The number of hydrogen-bond donors (Lipinski definition) is 2. The summed E-state index contributed by atoms with van der Waals surface area (Å²) in [6.07, 6.45) is 0. The molecule has 1 fully saturated rings. The van der Waals surface area contributed by atoms with E-state index in [0.29, 0.717) is 30.4 Å². The van der Waals surface area contributed by atoms with Crippen LogP contribution in [-0.4, -0.2) is 50.4 Å². The quantitative estimate of drug-likeness (QED) is 0.867. The highest BCUT2D eigenvalue weighted by Gasteiger charge is 2.13. The summed E-state index contributed by atoms with van der Waals surface area (Å²) in [5.41, 5.74) is 2.62. The molecule has 0 saturated carbocycles. The zero-order valence-corrected chi connectivity index (χ0v) is 15.1. The van der Waals surface area contributed by atoms with Crippen molar-refractivity contribution in [3.63, 3.8) is 0 Å². The number of nitrogens with one attached hydrogen (secondary N) is 2. The van der Waals surface area contributed by atoms with Gasteiger partial charge in [0.15, 0.2) is 11.5 Å². The van der Waals surface area contributed by atoms with Gasteiger partial charge in [-0.15, -0.1) is 0 Å². The molecule has 0 spiro atoms. The maximum atomic E-state index is 12.2. The topological polar surface area (TPSA) is 72.1 Å². The van der Waals surface area contributed by atoms with Crippen molar-refractivity contribution in [3.8, 4) is 11.5 Å². The van der Waals surface area contributed by atoms with E-state index in [4.69, 9.17) is 14.2 Å². The van der Waals surface area contributed by atoms with Gasteiger partial charge in [0.1, 0.15) is 13.2 Å². The van der Waals surface area contributed by atoms with Crippen molar-refractivity contribution in [2.45, 2.75) is 6.54 Å². The Labute approximate surface area is 158 Å². The molecule has 2 aliphatic rings. The van der Waals surface area contributed by atoms with Gasteiger partial charge in [0.25, 0.3) is 0 Å². The lowest BCUT2D eigenvalue weighted by molar-refractivity contribution is 0.0342. The Hall–Kier alpha value is -2.77. The highest BCUT2D eigenvalue weighted by Crippen LogP contribution is 2.32. The van der Waals surface area contributed by atoms with Crippen molar-refractivity contribution >= 4 is 17.4 Å². The first-order valence-electron chi connectivity index (χ1n) is 9.13. The Bertz CT molecular complexity index is 788. The third-order valence-electron chi connectivity index (χ3n) is 4.52. The minimum atomic E-state index is -0.299. The van der Waals surface area contributed by atoms with Gasteiger partial charge in [-0.3, -0.25) is 4.90 Å². The number of morpholine rings is 1.